The molecule has 0 aromatic heterocycles. The Morgan fingerprint density at radius 3 is 2.68 bits per heavy atom. The second kappa shape index (κ2) is 8.32. The van der Waals surface area contributed by atoms with E-state index in [0.29, 0.717) is 19.1 Å². The van der Waals surface area contributed by atoms with E-state index in [1.807, 2.05) is 24.3 Å². The van der Waals surface area contributed by atoms with Crippen molar-refractivity contribution in [1.29, 1.82) is 0 Å². The van der Waals surface area contributed by atoms with Gasteiger partial charge in [-0.2, -0.15) is 0 Å². The summed E-state index contributed by atoms with van der Waals surface area (Å²) in [6.45, 7) is 0.565. The first-order valence-corrected chi connectivity index (χ1v) is 11.0. The molecule has 1 N–H and O–H groups in total. The average molecular weight is 365 g/mol. The number of sulfone groups is 1. The van der Waals surface area contributed by atoms with E-state index >= 15 is 0 Å². The van der Waals surface area contributed by atoms with Crippen LogP contribution < -0.4 is 5.32 Å². The molecule has 0 spiro atoms. The summed E-state index contributed by atoms with van der Waals surface area (Å²) in [6, 6.07) is 7.71. The standard InChI is InChI=1S/C19H27NO4S/c21-19(12-16-9-10-25(22,23)14-16)20-17-6-4-5-15(11-17)13-24-18-7-2-1-3-8-18/h4-6,11,16,18H,1-3,7-10,12-14H2,(H,20,21). The Morgan fingerprint density at radius 1 is 1.16 bits per heavy atom. The van der Waals surface area contributed by atoms with Crippen LogP contribution in [0.4, 0.5) is 5.69 Å². The lowest BCUT2D eigenvalue weighted by Crippen LogP contribution is -2.18. The van der Waals surface area contributed by atoms with Gasteiger partial charge in [0.25, 0.3) is 0 Å². The van der Waals surface area contributed by atoms with Crippen molar-refractivity contribution in [3.05, 3.63) is 29.8 Å². The molecule has 5 nitrogen and oxygen atoms in total. The lowest BCUT2D eigenvalue weighted by atomic mass is 9.98. The SMILES string of the molecule is O=C(CC1CCS(=O)(=O)C1)Nc1cccc(COC2CCCCC2)c1. The molecule has 1 saturated carbocycles. The monoisotopic (exact) mass is 365 g/mol. The molecule has 1 aromatic rings. The maximum atomic E-state index is 12.2. The van der Waals surface area contributed by atoms with Crippen LogP contribution in [0.15, 0.2) is 24.3 Å². The van der Waals surface area contributed by atoms with Crippen LogP contribution in [0.5, 0.6) is 0 Å². The van der Waals surface area contributed by atoms with Crippen LogP contribution in [0.25, 0.3) is 0 Å². The second-order valence-corrected chi connectivity index (χ2v) is 9.52. The maximum absolute atomic E-state index is 12.2. The molecule has 2 fully saturated rings. The van der Waals surface area contributed by atoms with Crippen molar-refractivity contribution < 1.29 is 17.9 Å². The molecule has 1 heterocycles. The molecule has 1 amide bonds. The zero-order valence-corrected chi connectivity index (χ0v) is 15.4. The molecule has 6 heteroatoms. The van der Waals surface area contributed by atoms with Gasteiger partial charge >= 0.3 is 0 Å². The van der Waals surface area contributed by atoms with Crippen LogP contribution in [0.1, 0.15) is 50.5 Å². The number of anilines is 1. The molecule has 0 bridgehead atoms. The zero-order valence-electron chi connectivity index (χ0n) is 14.6. The van der Waals surface area contributed by atoms with Crippen LogP contribution in [-0.4, -0.2) is 31.9 Å². The van der Waals surface area contributed by atoms with Gasteiger partial charge in [-0.05, 0) is 42.9 Å². The van der Waals surface area contributed by atoms with Crippen molar-refractivity contribution in [2.45, 2.75) is 57.7 Å². The first-order valence-electron chi connectivity index (χ1n) is 9.21. The smallest absolute Gasteiger partial charge is 0.224 e. The second-order valence-electron chi connectivity index (χ2n) is 7.29. The van der Waals surface area contributed by atoms with Gasteiger partial charge in [0.05, 0.1) is 24.2 Å². The highest BCUT2D eigenvalue weighted by atomic mass is 32.2. The van der Waals surface area contributed by atoms with Gasteiger partial charge in [0.2, 0.25) is 5.91 Å². The maximum Gasteiger partial charge on any atom is 0.224 e. The first kappa shape index (κ1) is 18.4. The molecule has 1 saturated heterocycles. The van der Waals surface area contributed by atoms with Gasteiger partial charge in [-0.1, -0.05) is 31.4 Å². The number of ether oxygens (including phenoxy) is 1. The molecule has 1 aromatic carbocycles. The third-order valence-electron chi connectivity index (χ3n) is 5.05. The molecular weight excluding hydrogens is 338 g/mol. The largest absolute Gasteiger partial charge is 0.374 e. The van der Waals surface area contributed by atoms with Crippen molar-refractivity contribution in [3.63, 3.8) is 0 Å². The number of hydrogen-bond donors (Lipinski definition) is 1. The van der Waals surface area contributed by atoms with Gasteiger partial charge in [-0.25, -0.2) is 8.42 Å². The van der Waals surface area contributed by atoms with Gasteiger partial charge in [0, 0.05) is 12.1 Å². The van der Waals surface area contributed by atoms with E-state index in [9.17, 15) is 13.2 Å². The molecule has 0 radical (unpaired) electrons. The summed E-state index contributed by atoms with van der Waals surface area (Å²) in [4.78, 5) is 12.2. The predicted molar refractivity (Wildman–Crippen MR) is 98.1 cm³/mol. The Balaban J connectivity index is 1.48. The summed E-state index contributed by atoms with van der Waals surface area (Å²) in [7, 11) is -2.94. The Labute approximate surface area is 150 Å². The van der Waals surface area contributed by atoms with Gasteiger partial charge in [-0.3, -0.25) is 4.79 Å². The minimum Gasteiger partial charge on any atom is -0.374 e. The molecule has 2 aliphatic rings. The van der Waals surface area contributed by atoms with E-state index in [2.05, 4.69) is 5.32 Å². The lowest BCUT2D eigenvalue weighted by Gasteiger charge is -2.22. The van der Waals surface area contributed by atoms with Crippen molar-refractivity contribution in [2.24, 2.45) is 5.92 Å². The third-order valence-corrected chi connectivity index (χ3v) is 6.89. The molecule has 138 valence electrons. The minimum atomic E-state index is -2.94. The normalized spacial score (nSPS) is 23.4. The Hall–Kier alpha value is -1.40. The molecule has 1 unspecified atom stereocenters. The number of hydrogen-bond acceptors (Lipinski definition) is 4. The Kier molecular flexibility index (Phi) is 6.12. The topological polar surface area (TPSA) is 72.5 Å². The van der Waals surface area contributed by atoms with Gasteiger partial charge in [0.15, 0.2) is 9.84 Å². The summed E-state index contributed by atoms with van der Waals surface area (Å²) in [5.41, 5.74) is 1.79. The van der Waals surface area contributed by atoms with Gasteiger partial charge in [-0.15, -0.1) is 0 Å². The van der Waals surface area contributed by atoms with E-state index in [4.69, 9.17) is 4.74 Å². The Bertz CT molecular complexity index is 695. The highest BCUT2D eigenvalue weighted by Crippen LogP contribution is 2.23. The van der Waals surface area contributed by atoms with E-state index < -0.39 is 9.84 Å². The highest BCUT2D eigenvalue weighted by Gasteiger charge is 2.29. The van der Waals surface area contributed by atoms with E-state index in [1.165, 1.54) is 19.3 Å². The predicted octanol–water partition coefficient (Wildman–Crippen LogP) is 3.30. The minimum absolute atomic E-state index is 0.0529. The van der Waals surface area contributed by atoms with E-state index in [0.717, 1.165) is 24.1 Å². The third kappa shape index (κ3) is 5.82. The fraction of sp³-hybridized carbons (Fsp3) is 0.632. The van der Waals surface area contributed by atoms with Crippen molar-refractivity contribution in [2.75, 3.05) is 16.8 Å². The fourth-order valence-corrected chi connectivity index (χ4v) is 5.55. The van der Waals surface area contributed by atoms with Crippen LogP contribution in [0.2, 0.25) is 0 Å². The zero-order chi connectivity index (χ0) is 17.7. The summed E-state index contributed by atoms with van der Waals surface area (Å²) < 4.78 is 28.9. The van der Waals surface area contributed by atoms with Crippen LogP contribution in [-0.2, 0) is 26.0 Å². The van der Waals surface area contributed by atoms with Crippen molar-refractivity contribution in [3.8, 4) is 0 Å². The molecule has 25 heavy (non-hydrogen) atoms. The van der Waals surface area contributed by atoms with Crippen LogP contribution in [0.3, 0.4) is 0 Å². The van der Waals surface area contributed by atoms with Crippen LogP contribution >= 0.6 is 0 Å². The summed E-state index contributed by atoms with van der Waals surface area (Å²) in [6.07, 6.45) is 7.30. The van der Waals surface area contributed by atoms with Crippen molar-refractivity contribution >= 4 is 21.4 Å². The molecular formula is C19H27NO4S. The number of rotatable bonds is 6. The number of carbonyl (C=O) groups excluding carboxylic acids is 1. The molecule has 3 rings (SSSR count). The lowest BCUT2D eigenvalue weighted by molar-refractivity contribution is -0.116. The van der Waals surface area contributed by atoms with Gasteiger partial charge < -0.3 is 10.1 Å². The first-order chi connectivity index (χ1) is 12.0. The average Bonchev–Trinajstić information content (AvgIpc) is 2.92. The number of nitrogens with one attached hydrogen (secondary N) is 1. The molecule has 1 aliphatic carbocycles. The quantitative estimate of drug-likeness (QED) is 0.839. The fourth-order valence-electron chi connectivity index (χ4n) is 3.69. The molecule has 1 atom stereocenters. The van der Waals surface area contributed by atoms with Crippen molar-refractivity contribution in [1.82, 2.24) is 0 Å². The summed E-state index contributed by atoms with van der Waals surface area (Å²) >= 11 is 0. The van der Waals surface area contributed by atoms with E-state index in [-0.39, 0.29) is 29.8 Å². The number of amides is 1. The molecule has 1 aliphatic heterocycles. The summed E-state index contributed by atoms with van der Waals surface area (Å²) in [5.74, 6) is 0.171. The summed E-state index contributed by atoms with van der Waals surface area (Å²) in [5, 5.41) is 2.89. The van der Waals surface area contributed by atoms with Gasteiger partial charge in [0.1, 0.15) is 0 Å². The van der Waals surface area contributed by atoms with E-state index in [1.54, 1.807) is 0 Å². The highest BCUT2D eigenvalue weighted by molar-refractivity contribution is 7.91. The number of benzene rings is 1. The Morgan fingerprint density at radius 2 is 1.96 bits per heavy atom. The van der Waals surface area contributed by atoms with Crippen LogP contribution in [0, 0.1) is 5.92 Å². The number of carbonyl (C=O) groups is 1.